The van der Waals surface area contributed by atoms with E-state index in [4.69, 9.17) is 20.0 Å². The summed E-state index contributed by atoms with van der Waals surface area (Å²) in [6.45, 7) is 2.91. The molecule has 214 valence electrons. The zero-order chi connectivity index (χ0) is 28.8. The predicted octanol–water partition coefficient (Wildman–Crippen LogP) is 4.72. The number of ether oxygens (including phenoxy) is 1. The number of rotatable bonds is 6. The summed E-state index contributed by atoms with van der Waals surface area (Å²) < 4.78 is 6.26. The van der Waals surface area contributed by atoms with Crippen LogP contribution in [0.2, 0.25) is 0 Å². The van der Waals surface area contributed by atoms with Crippen LogP contribution >= 0.6 is 0 Å². The lowest BCUT2D eigenvalue weighted by atomic mass is 9.97. The first-order valence-electron chi connectivity index (χ1n) is 14.8. The van der Waals surface area contributed by atoms with Crippen LogP contribution in [0.3, 0.4) is 0 Å². The third-order valence-corrected chi connectivity index (χ3v) is 9.19. The number of hydrogen-bond donors (Lipinski definition) is 1. The molecule has 3 fully saturated rings. The van der Waals surface area contributed by atoms with Gasteiger partial charge in [0.2, 0.25) is 5.91 Å². The first-order chi connectivity index (χ1) is 20.5. The van der Waals surface area contributed by atoms with E-state index in [0.717, 1.165) is 70.8 Å². The van der Waals surface area contributed by atoms with E-state index in [2.05, 4.69) is 41.1 Å². The lowest BCUT2D eigenvalue weighted by molar-refractivity contribution is -0.133. The van der Waals surface area contributed by atoms with Gasteiger partial charge in [0.15, 0.2) is 0 Å². The maximum absolute atomic E-state index is 12.7. The highest BCUT2D eigenvalue weighted by Gasteiger charge is 2.43. The van der Waals surface area contributed by atoms with Crippen LogP contribution in [0.25, 0.3) is 32.8 Å². The molecule has 7 rings (SSSR count). The van der Waals surface area contributed by atoms with Crippen molar-refractivity contribution >= 4 is 33.4 Å². The van der Waals surface area contributed by atoms with E-state index in [1.807, 2.05) is 29.2 Å². The van der Waals surface area contributed by atoms with Crippen molar-refractivity contribution in [3.8, 4) is 29.0 Å². The summed E-state index contributed by atoms with van der Waals surface area (Å²) in [6.07, 6.45) is 4.02. The van der Waals surface area contributed by atoms with Gasteiger partial charge in [-0.2, -0.15) is 15.2 Å². The van der Waals surface area contributed by atoms with Crippen LogP contribution in [0.4, 0.5) is 5.82 Å². The lowest BCUT2D eigenvalue weighted by Gasteiger charge is -2.41. The average Bonchev–Trinajstić information content (AvgIpc) is 3.53. The van der Waals surface area contributed by atoms with Crippen molar-refractivity contribution in [2.45, 2.75) is 50.2 Å². The number of likely N-dealkylation sites (tertiary alicyclic amines) is 1. The third kappa shape index (κ3) is 4.76. The number of carbonyl (C=O) groups is 1. The van der Waals surface area contributed by atoms with Crippen LogP contribution in [0.5, 0.6) is 11.8 Å². The largest absolute Gasteiger partial charge is 0.508 e. The Bertz CT molecular complexity index is 1700. The van der Waals surface area contributed by atoms with Crippen LogP contribution in [0.15, 0.2) is 54.6 Å². The summed E-state index contributed by atoms with van der Waals surface area (Å²) in [5.41, 5.74) is 2.66. The van der Waals surface area contributed by atoms with E-state index in [1.54, 1.807) is 12.1 Å². The number of nitriles is 1. The van der Waals surface area contributed by atoms with Gasteiger partial charge in [0.1, 0.15) is 24.6 Å². The summed E-state index contributed by atoms with van der Waals surface area (Å²) in [5.74, 6) is 0.951. The number of amides is 1. The summed E-state index contributed by atoms with van der Waals surface area (Å²) in [7, 11) is 2.13. The van der Waals surface area contributed by atoms with Gasteiger partial charge in [0, 0.05) is 36.6 Å². The van der Waals surface area contributed by atoms with Crippen LogP contribution in [-0.2, 0) is 4.79 Å². The quantitative estimate of drug-likeness (QED) is 0.360. The molecule has 3 aliphatic rings. The summed E-state index contributed by atoms with van der Waals surface area (Å²) in [4.78, 5) is 29.1. The average molecular weight is 563 g/mol. The molecule has 2 unspecified atom stereocenters. The first kappa shape index (κ1) is 26.5. The van der Waals surface area contributed by atoms with Crippen molar-refractivity contribution in [1.29, 1.82) is 5.26 Å². The Labute approximate surface area is 244 Å². The zero-order valence-corrected chi connectivity index (χ0v) is 23.7. The van der Waals surface area contributed by atoms with Gasteiger partial charge < -0.3 is 24.5 Å². The number of fused-ring (bicyclic) bond motifs is 4. The van der Waals surface area contributed by atoms with Gasteiger partial charge in [-0.3, -0.25) is 4.79 Å². The van der Waals surface area contributed by atoms with Crippen molar-refractivity contribution in [2.24, 2.45) is 0 Å². The fraction of sp³-hybridized carbons (Fsp3) is 0.394. The van der Waals surface area contributed by atoms with Gasteiger partial charge >= 0.3 is 6.01 Å². The number of carbonyl (C=O) groups excluding carboxylic acids is 1. The highest BCUT2D eigenvalue weighted by Crippen LogP contribution is 2.38. The van der Waals surface area contributed by atoms with Crippen molar-refractivity contribution in [3.05, 3.63) is 54.6 Å². The summed E-state index contributed by atoms with van der Waals surface area (Å²) >= 11 is 0. The predicted molar refractivity (Wildman–Crippen MR) is 161 cm³/mol. The SMILES string of the molecule is CN1CCC[C@H]1COc1nc(N2CC3CCC(C2)N3C(=O)CC#N)c2ccc(-c3cc(O)cc4ccccc34)cc2n1. The number of hydrogen-bond acceptors (Lipinski definition) is 8. The summed E-state index contributed by atoms with van der Waals surface area (Å²) in [5, 5.41) is 22.5. The Hall–Kier alpha value is -4.42. The number of phenols is 1. The number of aromatic hydroxyl groups is 1. The number of anilines is 1. The summed E-state index contributed by atoms with van der Waals surface area (Å²) in [6, 6.07) is 20.6. The molecule has 2 bridgehead atoms. The fourth-order valence-corrected chi connectivity index (χ4v) is 7.10. The van der Waals surface area contributed by atoms with E-state index in [1.165, 1.54) is 0 Å². The van der Waals surface area contributed by atoms with E-state index < -0.39 is 0 Å². The van der Waals surface area contributed by atoms with E-state index in [-0.39, 0.29) is 30.2 Å². The number of likely N-dealkylation sites (N-methyl/N-ethyl adjacent to an activating group) is 1. The Morgan fingerprint density at radius 2 is 1.86 bits per heavy atom. The molecule has 0 spiro atoms. The van der Waals surface area contributed by atoms with E-state index in [9.17, 15) is 9.90 Å². The van der Waals surface area contributed by atoms with Crippen LogP contribution in [0, 0.1) is 11.3 Å². The topological polar surface area (TPSA) is 106 Å². The number of aromatic nitrogens is 2. The molecule has 1 amide bonds. The Morgan fingerprint density at radius 3 is 2.62 bits per heavy atom. The second-order valence-corrected chi connectivity index (χ2v) is 11.8. The number of piperazine rings is 1. The maximum atomic E-state index is 12.7. The molecule has 0 aliphatic carbocycles. The molecular formula is C33H34N6O3. The van der Waals surface area contributed by atoms with Gasteiger partial charge in [-0.05, 0) is 85.4 Å². The number of benzene rings is 3. The second kappa shape index (κ2) is 10.8. The van der Waals surface area contributed by atoms with Gasteiger partial charge in [-0.15, -0.1) is 0 Å². The van der Waals surface area contributed by atoms with Gasteiger partial charge in [0.05, 0.1) is 11.6 Å². The minimum atomic E-state index is -0.0798. The molecule has 0 saturated carbocycles. The van der Waals surface area contributed by atoms with Crippen LogP contribution in [0.1, 0.15) is 32.1 Å². The molecule has 1 N–H and O–H groups in total. The molecule has 42 heavy (non-hydrogen) atoms. The van der Waals surface area contributed by atoms with Crippen molar-refractivity contribution in [1.82, 2.24) is 19.8 Å². The van der Waals surface area contributed by atoms with Crippen LogP contribution < -0.4 is 9.64 Å². The molecule has 4 heterocycles. The maximum Gasteiger partial charge on any atom is 0.319 e. The highest BCUT2D eigenvalue weighted by molar-refractivity contribution is 6.01. The number of nitrogens with zero attached hydrogens (tertiary/aromatic N) is 6. The molecule has 3 aliphatic heterocycles. The van der Waals surface area contributed by atoms with E-state index in [0.29, 0.717) is 31.7 Å². The minimum absolute atomic E-state index is 0.0593. The minimum Gasteiger partial charge on any atom is -0.508 e. The Balaban J connectivity index is 1.28. The molecule has 0 radical (unpaired) electrons. The lowest BCUT2D eigenvalue weighted by Crippen LogP contribution is -2.56. The van der Waals surface area contributed by atoms with Crippen molar-refractivity contribution in [2.75, 3.05) is 38.2 Å². The van der Waals surface area contributed by atoms with Gasteiger partial charge in [0.25, 0.3) is 0 Å². The van der Waals surface area contributed by atoms with Gasteiger partial charge in [-0.25, -0.2) is 0 Å². The van der Waals surface area contributed by atoms with Crippen LogP contribution in [-0.4, -0.2) is 82.2 Å². The Kier molecular flexibility index (Phi) is 6.79. The molecule has 1 aromatic heterocycles. The van der Waals surface area contributed by atoms with Gasteiger partial charge in [-0.1, -0.05) is 30.3 Å². The monoisotopic (exact) mass is 562 g/mol. The molecule has 3 aromatic carbocycles. The molecular weight excluding hydrogens is 528 g/mol. The Morgan fingerprint density at radius 1 is 1.05 bits per heavy atom. The van der Waals surface area contributed by atoms with Crippen molar-refractivity contribution < 1.29 is 14.6 Å². The standard InChI is InChI=1S/C33H34N6O3/c1-37-14-4-6-25(37)20-42-33-35-30-16-22(29-17-26(40)15-21-5-2-3-7-27(21)29)8-11-28(30)32(36-33)38-18-23-9-10-24(19-38)39(23)31(41)12-13-34/h2-3,5,7-8,11,15-17,23-25,40H,4,6,9-10,12,14,18-20H2,1H3/t23?,24?,25-/m0/s1. The van der Waals surface area contributed by atoms with E-state index >= 15 is 0 Å². The van der Waals surface area contributed by atoms with Crippen molar-refractivity contribution in [3.63, 3.8) is 0 Å². The molecule has 9 nitrogen and oxygen atoms in total. The molecule has 3 atom stereocenters. The smallest absolute Gasteiger partial charge is 0.319 e. The molecule has 4 aromatic rings. The third-order valence-electron chi connectivity index (χ3n) is 9.19. The normalized spacial score (nSPS) is 22.1. The zero-order valence-electron chi connectivity index (χ0n) is 23.7. The first-order valence-corrected chi connectivity index (χ1v) is 14.8. The second-order valence-electron chi connectivity index (χ2n) is 11.8. The molecule has 9 heteroatoms. The highest BCUT2D eigenvalue weighted by atomic mass is 16.5. The number of phenolic OH excluding ortho intramolecular Hbond substituents is 1. The molecule has 3 saturated heterocycles. The fourth-order valence-electron chi connectivity index (χ4n) is 7.10.